The van der Waals surface area contributed by atoms with Crippen LogP contribution in [0.1, 0.15) is 53.9 Å². The van der Waals surface area contributed by atoms with Crippen molar-refractivity contribution in [1.29, 1.82) is 0 Å². The lowest BCUT2D eigenvalue weighted by Crippen LogP contribution is -2.27. The highest BCUT2D eigenvalue weighted by Crippen LogP contribution is 2.37. The number of aliphatic hydroxyl groups is 1. The van der Waals surface area contributed by atoms with Gasteiger partial charge in [0.15, 0.2) is 5.78 Å². The first kappa shape index (κ1) is 19.9. The molecule has 0 aromatic rings. The van der Waals surface area contributed by atoms with Crippen LogP contribution in [-0.2, 0) is 4.79 Å². The third-order valence-corrected chi connectivity index (χ3v) is 3.24. The molecule has 1 unspecified atom stereocenters. The Morgan fingerprint density at radius 1 is 1.14 bits per heavy atom. The van der Waals surface area contributed by atoms with Gasteiger partial charge in [-0.15, -0.1) is 0 Å². The second-order valence-electron chi connectivity index (χ2n) is 6.64. The van der Waals surface area contributed by atoms with Crippen molar-refractivity contribution in [3.8, 4) is 0 Å². The summed E-state index contributed by atoms with van der Waals surface area (Å²) in [4.78, 5) is 12.0. The summed E-state index contributed by atoms with van der Waals surface area (Å²) >= 11 is 0. The minimum absolute atomic E-state index is 0.0359. The van der Waals surface area contributed by atoms with Crippen LogP contribution in [0.3, 0.4) is 0 Å². The number of ketones is 1. The van der Waals surface area contributed by atoms with E-state index in [0.29, 0.717) is 6.42 Å². The third-order valence-electron chi connectivity index (χ3n) is 3.24. The number of carbonyl (C=O) groups excluding carboxylic acids is 1. The molecule has 0 aromatic heterocycles. The van der Waals surface area contributed by atoms with Gasteiger partial charge in [-0.3, -0.25) is 4.79 Å². The summed E-state index contributed by atoms with van der Waals surface area (Å²) in [6.45, 7) is 6.78. The van der Waals surface area contributed by atoms with E-state index in [4.69, 9.17) is 0 Å². The van der Waals surface area contributed by atoms with Gasteiger partial charge in [0.2, 0.25) is 0 Å². The highest BCUT2D eigenvalue weighted by atomic mass is 19.4. The molecule has 0 saturated carbocycles. The Labute approximate surface area is 123 Å². The van der Waals surface area contributed by atoms with Gasteiger partial charge in [-0.25, -0.2) is 4.39 Å². The van der Waals surface area contributed by atoms with E-state index in [1.54, 1.807) is 6.92 Å². The fourth-order valence-electron chi connectivity index (χ4n) is 2.07. The number of allylic oxidation sites excluding steroid dienone is 2. The first-order chi connectivity index (χ1) is 9.18. The van der Waals surface area contributed by atoms with Crippen molar-refractivity contribution in [2.45, 2.75) is 65.7 Å². The topological polar surface area (TPSA) is 37.3 Å². The summed E-state index contributed by atoms with van der Waals surface area (Å²) in [5.41, 5.74) is -3.14. The van der Waals surface area contributed by atoms with Crippen LogP contribution < -0.4 is 0 Å². The molecule has 0 radical (unpaired) electrons. The van der Waals surface area contributed by atoms with Crippen LogP contribution in [-0.4, -0.2) is 22.7 Å². The largest absolute Gasteiger partial charge is 0.512 e. The molecule has 0 aliphatic rings. The van der Waals surface area contributed by atoms with Crippen molar-refractivity contribution in [3.05, 3.63) is 11.8 Å². The molecule has 0 fully saturated rings. The van der Waals surface area contributed by atoms with Gasteiger partial charge in [-0.1, -0.05) is 20.8 Å². The molecule has 21 heavy (non-hydrogen) atoms. The zero-order valence-electron chi connectivity index (χ0n) is 13.1. The summed E-state index contributed by atoms with van der Waals surface area (Å²) in [5, 5.41) is 9.80. The lowest BCUT2D eigenvalue weighted by molar-refractivity contribution is -0.153. The molecule has 0 saturated heterocycles. The van der Waals surface area contributed by atoms with Gasteiger partial charge in [0.05, 0.1) is 6.42 Å². The predicted octanol–water partition coefficient (Wildman–Crippen LogP) is 5.14. The minimum Gasteiger partial charge on any atom is -0.512 e. The Hall–Kier alpha value is -1.07. The minimum atomic E-state index is -4.44. The monoisotopic (exact) mass is 312 g/mol. The molecular formula is C15H24F4O2. The van der Waals surface area contributed by atoms with E-state index >= 15 is 0 Å². The average Bonchev–Trinajstić information content (AvgIpc) is 2.20. The first-order valence-electron chi connectivity index (χ1n) is 6.88. The molecule has 0 aromatic carbocycles. The van der Waals surface area contributed by atoms with Crippen LogP contribution in [0.25, 0.3) is 0 Å². The molecule has 0 aliphatic heterocycles. The number of hydrogen-bond donors (Lipinski definition) is 1. The van der Waals surface area contributed by atoms with E-state index in [1.165, 1.54) is 27.7 Å². The summed E-state index contributed by atoms with van der Waals surface area (Å²) in [5.74, 6) is -1.83. The molecule has 124 valence electrons. The van der Waals surface area contributed by atoms with Gasteiger partial charge in [0, 0.05) is 17.4 Å². The Bertz CT molecular complexity index is 389. The molecule has 1 atom stereocenters. The highest BCUT2D eigenvalue weighted by molar-refractivity contribution is 5.92. The number of halogens is 4. The van der Waals surface area contributed by atoms with Crippen LogP contribution in [0.4, 0.5) is 17.6 Å². The molecular weight excluding hydrogens is 288 g/mol. The average molecular weight is 312 g/mol. The molecule has 0 amide bonds. The molecule has 0 spiro atoms. The van der Waals surface area contributed by atoms with Crippen molar-refractivity contribution >= 4 is 5.78 Å². The van der Waals surface area contributed by atoms with E-state index in [2.05, 4.69) is 0 Å². The maximum Gasteiger partial charge on any atom is 0.390 e. The molecule has 1 N–H and O–H groups in total. The molecule has 0 rings (SSSR count). The number of aliphatic hydroxyl groups excluding tert-OH is 1. The van der Waals surface area contributed by atoms with Crippen LogP contribution >= 0.6 is 0 Å². The Kier molecular flexibility index (Phi) is 6.45. The second-order valence-corrected chi connectivity index (χ2v) is 6.64. The van der Waals surface area contributed by atoms with Crippen molar-refractivity contribution in [2.75, 3.05) is 0 Å². The Balaban J connectivity index is 5.07. The lowest BCUT2D eigenvalue weighted by atomic mass is 9.83. The van der Waals surface area contributed by atoms with Crippen molar-refractivity contribution in [2.24, 2.45) is 11.3 Å². The fraction of sp³-hybridized carbons (Fsp3) is 0.800. The Morgan fingerprint density at radius 3 is 1.95 bits per heavy atom. The summed E-state index contributed by atoms with van der Waals surface area (Å²) < 4.78 is 50.9. The van der Waals surface area contributed by atoms with E-state index in [-0.39, 0.29) is 6.42 Å². The van der Waals surface area contributed by atoms with Crippen molar-refractivity contribution in [3.63, 3.8) is 0 Å². The zero-order chi connectivity index (χ0) is 17.1. The van der Waals surface area contributed by atoms with Gasteiger partial charge in [0.1, 0.15) is 11.4 Å². The number of carbonyl (C=O) groups is 1. The van der Waals surface area contributed by atoms with Gasteiger partial charge >= 0.3 is 6.18 Å². The lowest BCUT2D eigenvalue weighted by Gasteiger charge is -2.26. The molecule has 0 aliphatic carbocycles. The van der Waals surface area contributed by atoms with Gasteiger partial charge in [-0.2, -0.15) is 13.2 Å². The summed E-state index contributed by atoms with van der Waals surface area (Å²) in [7, 11) is 0. The van der Waals surface area contributed by atoms with Crippen LogP contribution in [0.2, 0.25) is 0 Å². The number of alkyl halides is 4. The van der Waals surface area contributed by atoms with Gasteiger partial charge in [0.25, 0.3) is 0 Å². The van der Waals surface area contributed by atoms with E-state index < -0.39 is 41.1 Å². The van der Waals surface area contributed by atoms with E-state index in [1.807, 2.05) is 0 Å². The predicted molar refractivity (Wildman–Crippen MR) is 73.8 cm³/mol. The highest BCUT2D eigenvalue weighted by Gasteiger charge is 2.39. The quantitative estimate of drug-likeness (QED) is 0.401. The van der Waals surface area contributed by atoms with Crippen LogP contribution in [0.15, 0.2) is 11.8 Å². The van der Waals surface area contributed by atoms with E-state index in [0.717, 1.165) is 6.08 Å². The molecule has 0 bridgehead atoms. The standard InChI is InChI=1S/C15H24F4O2/c1-6-10(8-14(4,5)16)11(20)7-12(21)13(2,3)9-15(17,18)19/h7,10,21H,6,8-9H2,1-5H3/b12-7-. The number of hydrogen-bond acceptors (Lipinski definition) is 2. The van der Waals surface area contributed by atoms with Crippen LogP contribution in [0.5, 0.6) is 0 Å². The smallest absolute Gasteiger partial charge is 0.390 e. The van der Waals surface area contributed by atoms with Crippen molar-refractivity contribution in [1.82, 2.24) is 0 Å². The van der Waals surface area contributed by atoms with E-state index in [9.17, 15) is 27.5 Å². The maximum atomic E-state index is 13.6. The fourth-order valence-corrected chi connectivity index (χ4v) is 2.07. The maximum absolute atomic E-state index is 13.6. The normalized spacial score (nSPS) is 16.0. The van der Waals surface area contributed by atoms with Crippen LogP contribution in [0, 0.1) is 11.3 Å². The molecule has 6 heteroatoms. The molecule has 2 nitrogen and oxygen atoms in total. The molecule has 0 heterocycles. The SMILES string of the molecule is CCC(CC(C)(C)F)C(=O)/C=C(\O)C(C)(C)CC(F)(F)F. The summed E-state index contributed by atoms with van der Waals surface area (Å²) in [6.07, 6.45) is -4.55. The van der Waals surface area contributed by atoms with Crippen molar-refractivity contribution < 1.29 is 27.5 Å². The first-order valence-corrected chi connectivity index (χ1v) is 6.88. The second kappa shape index (κ2) is 6.79. The third kappa shape index (κ3) is 8.07. The summed E-state index contributed by atoms with van der Waals surface area (Å²) in [6, 6.07) is 0. The number of rotatable bonds is 7. The van der Waals surface area contributed by atoms with Gasteiger partial charge in [-0.05, 0) is 26.7 Å². The van der Waals surface area contributed by atoms with Gasteiger partial charge < -0.3 is 5.11 Å². The zero-order valence-corrected chi connectivity index (χ0v) is 13.1. The Morgan fingerprint density at radius 2 is 1.62 bits per heavy atom.